The second-order valence-electron chi connectivity index (χ2n) is 6.04. The van der Waals surface area contributed by atoms with Crippen molar-refractivity contribution in [2.45, 2.75) is 30.8 Å². The van der Waals surface area contributed by atoms with Crippen molar-refractivity contribution in [3.8, 4) is 21.9 Å². The molecule has 1 heterocycles. The van der Waals surface area contributed by atoms with Gasteiger partial charge in [-0.05, 0) is 54.4 Å². The predicted molar refractivity (Wildman–Crippen MR) is 112 cm³/mol. The molecule has 0 fully saturated rings. The van der Waals surface area contributed by atoms with Crippen molar-refractivity contribution in [2.75, 3.05) is 0 Å². The fourth-order valence-corrected chi connectivity index (χ4v) is 4.07. The van der Waals surface area contributed by atoms with Crippen LogP contribution in [0.1, 0.15) is 18.2 Å². The molecule has 0 radical (unpaired) electrons. The van der Waals surface area contributed by atoms with Gasteiger partial charge in [0, 0.05) is 21.2 Å². The van der Waals surface area contributed by atoms with Crippen LogP contribution in [-0.2, 0) is 11.3 Å². The molecule has 1 unspecified atom stereocenters. The van der Waals surface area contributed by atoms with E-state index >= 15 is 0 Å². The Morgan fingerprint density at radius 1 is 1.15 bits per heavy atom. The van der Waals surface area contributed by atoms with Crippen molar-refractivity contribution in [3.05, 3.63) is 65.5 Å². The smallest absolute Gasteiger partial charge is 0.320 e. The highest BCUT2D eigenvalue weighted by molar-refractivity contribution is 7.80. The molecule has 140 valence electrons. The largest absolute Gasteiger partial charge is 0.480 e. The zero-order valence-corrected chi connectivity index (χ0v) is 16.6. The number of para-hydroxylation sites is 1. The summed E-state index contributed by atoms with van der Waals surface area (Å²) in [5, 5.41) is 12.2. The Balaban J connectivity index is 1.69. The van der Waals surface area contributed by atoms with Gasteiger partial charge in [-0.15, -0.1) is 24.0 Å². The molecular weight excluding hydrogens is 378 g/mol. The number of nitrogens with one attached hydrogen (secondary N) is 1. The average Bonchev–Trinajstić information content (AvgIpc) is 3.04. The van der Waals surface area contributed by atoms with Crippen molar-refractivity contribution in [2.24, 2.45) is 0 Å². The van der Waals surface area contributed by atoms with E-state index in [2.05, 4.69) is 17.9 Å². The Hall–Kier alpha value is -2.28. The number of carboxylic acids is 1. The Bertz CT molecular complexity index is 892. The van der Waals surface area contributed by atoms with Gasteiger partial charge in [0.1, 0.15) is 17.5 Å². The number of carbonyl (C=O) groups is 1. The van der Waals surface area contributed by atoms with Crippen molar-refractivity contribution in [1.29, 1.82) is 0 Å². The van der Waals surface area contributed by atoms with Crippen molar-refractivity contribution >= 4 is 29.9 Å². The minimum atomic E-state index is -0.830. The quantitative estimate of drug-likeness (QED) is 0.441. The van der Waals surface area contributed by atoms with Crippen LogP contribution < -0.4 is 10.1 Å². The second kappa shape index (κ2) is 9.08. The highest BCUT2D eigenvalue weighted by Gasteiger charge is 2.16. The average molecular weight is 400 g/mol. The molecule has 27 heavy (non-hydrogen) atoms. The first-order valence-corrected chi connectivity index (χ1v) is 9.94. The molecule has 3 aromatic rings. The summed E-state index contributed by atoms with van der Waals surface area (Å²) in [7, 11) is 0. The van der Waals surface area contributed by atoms with Gasteiger partial charge in [0.05, 0.1) is 0 Å². The topological polar surface area (TPSA) is 58.6 Å². The molecule has 2 aromatic carbocycles. The summed E-state index contributed by atoms with van der Waals surface area (Å²) in [6.45, 7) is 2.34. The van der Waals surface area contributed by atoms with Crippen molar-refractivity contribution in [3.63, 3.8) is 0 Å². The molecule has 0 saturated carbocycles. The van der Waals surface area contributed by atoms with E-state index in [-0.39, 0.29) is 0 Å². The van der Waals surface area contributed by atoms with Crippen LogP contribution in [0.2, 0.25) is 0 Å². The number of rotatable bonds is 8. The van der Waals surface area contributed by atoms with E-state index in [1.165, 1.54) is 0 Å². The van der Waals surface area contributed by atoms with E-state index in [0.29, 0.717) is 13.0 Å². The SMILES string of the molecule is CCC(NCc1sc(-c2ccc(Oc3ccccc3)cc2)cc1S)C(=O)O. The van der Waals surface area contributed by atoms with E-state index in [9.17, 15) is 4.79 Å². The zero-order chi connectivity index (χ0) is 19.2. The van der Waals surface area contributed by atoms with Gasteiger partial charge in [0.15, 0.2) is 0 Å². The third kappa shape index (κ3) is 5.13. The first-order valence-electron chi connectivity index (χ1n) is 8.68. The fourth-order valence-electron chi connectivity index (χ4n) is 2.62. The summed E-state index contributed by atoms with van der Waals surface area (Å²) in [5.74, 6) is 0.752. The Kier molecular flexibility index (Phi) is 6.55. The van der Waals surface area contributed by atoms with E-state index in [1.807, 2.05) is 67.6 Å². The summed E-state index contributed by atoms with van der Waals surface area (Å²) < 4.78 is 5.82. The molecule has 0 aliphatic heterocycles. The van der Waals surface area contributed by atoms with Gasteiger partial charge in [0.25, 0.3) is 0 Å². The maximum absolute atomic E-state index is 11.1. The maximum atomic E-state index is 11.1. The first-order chi connectivity index (χ1) is 13.1. The minimum Gasteiger partial charge on any atom is -0.480 e. The maximum Gasteiger partial charge on any atom is 0.320 e. The lowest BCUT2D eigenvalue weighted by Gasteiger charge is -2.11. The number of hydrogen-bond donors (Lipinski definition) is 3. The van der Waals surface area contributed by atoms with Gasteiger partial charge in [-0.25, -0.2) is 0 Å². The summed E-state index contributed by atoms with van der Waals surface area (Å²) in [6.07, 6.45) is 0.540. The third-order valence-corrected chi connectivity index (χ3v) is 5.85. The van der Waals surface area contributed by atoms with Crippen molar-refractivity contribution in [1.82, 2.24) is 5.32 Å². The summed E-state index contributed by atoms with van der Waals surface area (Å²) >= 11 is 6.15. The number of thiophene rings is 1. The van der Waals surface area contributed by atoms with E-state index < -0.39 is 12.0 Å². The Labute approximate surface area is 168 Å². The Morgan fingerprint density at radius 2 is 1.81 bits per heavy atom. The summed E-state index contributed by atoms with van der Waals surface area (Å²) in [5.41, 5.74) is 1.08. The van der Waals surface area contributed by atoms with E-state index in [1.54, 1.807) is 11.3 Å². The van der Waals surface area contributed by atoms with Crippen LogP contribution in [-0.4, -0.2) is 17.1 Å². The van der Waals surface area contributed by atoms with Gasteiger partial charge in [-0.1, -0.05) is 25.1 Å². The molecule has 0 amide bonds. The standard InChI is InChI=1S/C21H21NO3S2/c1-2-17(21(23)24)22-13-20-18(26)12-19(27-20)14-8-10-16(11-9-14)25-15-6-4-3-5-7-15/h3-12,17,22,26H,2,13H2,1H3,(H,23,24). The lowest BCUT2D eigenvalue weighted by atomic mass is 10.2. The van der Waals surface area contributed by atoms with Crippen LogP contribution in [0.4, 0.5) is 0 Å². The van der Waals surface area contributed by atoms with Gasteiger partial charge in [-0.3, -0.25) is 10.1 Å². The van der Waals surface area contributed by atoms with Crippen LogP contribution in [0.15, 0.2) is 65.6 Å². The molecule has 0 aliphatic carbocycles. The molecule has 2 N–H and O–H groups in total. The van der Waals surface area contributed by atoms with Crippen LogP contribution in [0.25, 0.3) is 10.4 Å². The molecule has 1 aromatic heterocycles. The number of carboxylic acid groups (broad SMARTS) is 1. The van der Waals surface area contributed by atoms with Crippen molar-refractivity contribution < 1.29 is 14.6 Å². The van der Waals surface area contributed by atoms with Crippen LogP contribution in [0, 0.1) is 0 Å². The van der Waals surface area contributed by atoms with Gasteiger partial charge >= 0.3 is 5.97 Å². The van der Waals surface area contributed by atoms with Crippen LogP contribution >= 0.6 is 24.0 Å². The monoisotopic (exact) mass is 399 g/mol. The predicted octanol–water partition coefficient (Wildman–Crippen LogP) is 5.45. The first kappa shape index (κ1) is 19.5. The van der Waals surface area contributed by atoms with Gasteiger partial charge < -0.3 is 9.84 Å². The molecule has 0 saturated heterocycles. The normalized spacial score (nSPS) is 11.9. The molecular formula is C21H21NO3S2. The number of ether oxygens (including phenoxy) is 1. The highest BCUT2D eigenvalue weighted by atomic mass is 32.1. The Morgan fingerprint density at radius 3 is 2.44 bits per heavy atom. The second-order valence-corrected chi connectivity index (χ2v) is 7.66. The molecule has 0 bridgehead atoms. The fraction of sp³-hybridized carbons (Fsp3) is 0.190. The lowest BCUT2D eigenvalue weighted by Crippen LogP contribution is -2.35. The molecule has 4 nitrogen and oxygen atoms in total. The summed E-state index contributed by atoms with van der Waals surface area (Å²) in [6, 6.07) is 19.0. The van der Waals surface area contributed by atoms with E-state index in [4.69, 9.17) is 9.84 Å². The number of benzene rings is 2. The van der Waals surface area contributed by atoms with Crippen LogP contribution in [0.3, 0.4) is 0 Å². The molecule has 1 atom stereocenters. The lowest BCUT2D eigenvalue weighted by molar-refractivity contribution is -0.139. The molecule has 6 heteroatoms. The van der Waals surface area contributed by atoms with Gasteiger partial charge in [-0.2, -0.15) is 0 Å². The molecule has 3 rings (SSSR count). The number of aliphatic carboxylic acids is 1. The highest BCUT2D eigenvalue weighted by Crippen LogP contribution is 2.34. The van der Waals surface area contributed by atoms with E-state index in [0.717, 1.165) is 31.7 Å². The molecule has 0 aliphatic rings. The molecule has 0 spiro atoms. The van der Waals surface area contributed by atoms with Gasteiger partial charge in [0.2, 0.25) is 0 Å². The van der Waals surface area contributed by atoms with Crippen LogP contribution in [0.5, 0.6) is 11.5 Å². The summed E-state index contributed by atoms with van der Waals surface area (Å²) in [4.78, 5) is 14.1. The third-order valence-electron chi connectivity index (χ3n) is 4.12. The number of hydrogen-bond acceptors (Lipinski definition) is 5. The zero-order valence-electron chi connectivity index (χ0n) is 14.9. The number of thiol groups is 1. The minimum absolute atomic E-state index is 0.490.